The van der Waals surface area contributed by atoms with Crippen LogP contribution in [0.5, 0.6) is 0 Å². The van der Waals surface area contributed by atoms with Gasteiger partial charge in [-0.25, -0.2) is 9.48 Å². The Morgan fingerprint density at radius 3 is 2.37 bits per heavy atom. The highest BCUT2D eigenvalue weighted by Crippen LogP contribution is 2.25. The van der Waals surface area contributed by atoms with Crippen molar-refractivity contribution >= 4 is 34.0 Å². The topological polar surface area (TPSA) is 101 Å². The van der Waals surface area contributed by atoms with Gasteiger partial charge in [0.15, 0.2) is 5.69 Å². The molecule has 4 aromatic rings. The molecule has 30 heavy (non-hydrogen) atoms. The van der Waals surface area contributed by atoms with Crippen molar-refractivity contribution in [3.05, 3.63) is 98.6 Å². The maximum atomic E-state index is 12.8. The average Bonchev–Trinajstić information content (AvgIpc) is 3.29. The number of carbonyl (C=O) groups is 2. The number of amides is 1. The number of carboxylic acids is 1. The van der Waals surface area contributed by atoms with Crippen molar-refractivity contribution < 1.29 is 14.7 Å². The van der Waals surface area contributed by atoms with Gasteiger partial charge >= 0.3 is 5.97 Å². The van der Waals surface area contributed by atoms with E-state index in [1.807, 2.05) is 47.8 Å². The van der Waals surface area contributed by atoms with Gasteiger partial charge in [0.1, 0.15) is 6.54 Å². The van der Waals surface area contributed by atoms with Crippen molar-refractivity contribution in [2.75, 3.05) is 0 Å². The number of hydrogen-bond donors (Lipinski definition) is 2. The number of rotatable bonds is 6. The van der Waals surface area contributed by atoms with Gasteiger partial charge in [0, 0.05) is 10.3 Å². The van der Waals surface area contributed by atoms with Gasteiger partial charge in [-0.15, -0.1) is 11.3 Å². The second-order valence-corrected chi connectivity index (χ2v) is 7.57. The summed E-state index contributed by atoms with van der Waals surface area (Å²) < 4.78 is 0.900. The molecule has 0 bridgehead atoms. The molecular formula is C22H17N3O4S. The Kier molecular flexibility index (Phi) is 5.40. The van der Waals surface area contributed by atoms with Crippen molar-refractivity contribution in [1.29, 1.82) is 0 Å². The smallest absolute Gasteiger partial charge is 0.357 e. The van der Waals surface area contributed by atoms with Crippen LogP contribution in [0.15, 0.2) is 76.9 Å². The lowest BCUT2D eigenvalue weighted by Crippen LogP contribution is -2.36. The standard InChI is InChI=1S/C22H17N3O4S/c26-18(23-19(17-11-6-12-30-17)14-7-2-1-3-8-14)13-25-21(27)16-10-5-4-9-15(16)20(24-25)22(28)29/h1-12,19H,13H2,(H,23,26)(H,28,29). The number of fused-ring (bicyclic) bond motifs is 1. The maximum Gasteiger partial charge on any atom is 0.357 e. The fraction of sp³-hybridized carbons (Fsp3) is 0.0909. The number of carbonyl (C=O) groups excluding carboxylic acids is 1. The minimum atomic E-state index is -1.26. The number of carboxylic acid groups (broad SMARTS) is 1. The van der Waals surface area contributed by atoms with Gasteiger partial charge in [0.25, 0.3) is 5.56 Å². The summed E-state index contributed by atoms with van der Waals surface area (Å²) in [5, 5.41) is 18.7. The molecule has 7 nitrogen and oxygen atoms in total. The van der Waals surface area contributed by atoms with Gasteiger partial charge in [-0.1, -0.05) is 54.6 Å². The third-order valence-corrected chi connectivity index (χ3v) is 5.57. The van der Waals surface area contributed by atoms with E-state index in [1.54, 1.807) is 12.1 Å². The van der Waals surface area contributed by atoms with Gasteiger partial charge < -0.3 is 10.4 Å². The number of nitrogens with one attached hydrogen (secondary N) is 1. The third kappa shape index (κ3) is 3.85. The number of benzene rings is 2. The van der Waals surface area contributed by atoms with Crippen LogP contribution in [0.4, 0.5) is 0 Å². The van der Waals surface area contributed by atoms with Crippen LogP contribution in [0.25, 0.3) is 10.8 Å². The summed E-state index contributed by atoms with van der Waals surface area (Å²) in [4.78, 5) is 38.1. The molecule has 0 aliphatic heterocycles. The molecule has 0 spiro atoms. The minimum absolute atomic E-state index is 0.204. The van der Waals surface area contributed by atoms with E-state index < -0.39 is 24.0 Å². The lowest BCUT2D eigenvalue weighted by molar-refractivity contribution is -0.122. The zero-order valence-electron chi connectivity index (χ0n) is 15.7. The fourth-order valence-corrected chi connectivity index (χ4v) is 4.07. The molecule has 0 aliphatic carbocycles. The zero-order chi connectivity index (χ0) is 21.1. The predicted molar refractivity (Wildman–Crippen MR) is 114 cm³/mol. The molecule has 150 valence electrons. The molecule has 0 fully saturated rings. The normalized spacial score (nSPS) is 11.9. The Labute approximate surface area is 175 Å². The Morgan fingerprint density at radius 1 is 1.00 bits per heavy atom. The molecule has 2 aromatic heterocycles. The lowest BCUT2D eigenvalue weighted by Gasteiger charge is -2.18. The predicted octanol–water partition coefficient (Wildman–Crippen LogP) is 3.06. The number of hydrogen-bond acceptors (Lipinski definition) is 5. The fourth-order valence-electron chi connectivity index (χ4n) is 3.26. The van der Waals surface area contributed by atoms with E-state index in [0.29, 0.717) is 0 Å². The van der Waals surface area contributed by atoms with Gasteiger partial charge in [0.05, 0.1) is 11.4 Å². The highest BCUT2D eigenvalue weighted by molar-refractivity contribution is 7.10. The summed E-state index contributed by atoms with van der Waals surface area (Å²) in [6, 6.07) is 19.3. The van der Waals surface area contributed by atoms with E-state index in [-0.39, 0.29) is 22.5 Å². The van der Waals surface area contributed by atoms with E-state index in [4.69, 9.17) is 0 Å². The second-order valence-electron chi connectivity index (χ2n) is 6.59. The summed E-state index contributed by atoms with van der Waals surface area (Å²) in [7, 11) is 0. The summed E-state index contributed by atoms with van der Waals surface area (Å²) in [5.74, 6) is -1.71. The van der Waals surface area contributed by atoms with Gasteiger partial charge in [-0.3, -0.25) is 9.59 Å². The molecule has 0 aliphatic rings. The van der Waals surface area contributed by atoms with Crippen LogP contribution in [0.3, 0.4) is 0 Å². The van der Waals surface area contributed by atoms with E-state index >= 15 is 0 Å². The molecule has 0 radical (unpaired) electrons. The molecule has 2 heterocycles. The van der Waals surface area contributed by atoms with Crippen molar-refractivity contribution in [3.8, 4) is 0 Å². The first kappa shape index (κ1) is 19.5. The molecule has 2 N–H and O–H groups in total. The van der Waals surface area contributed by atoms with Crippen LogP contribution >= 0.6 is 11.3 Å². The average molecular weight is 419 g/mol. The molecular weight excluding hydrogens is 402 g/mol. The lowest BCUT2D eigenvalue weighted by atomic mass is 10.1. The van der Waals surface area contributed by atoms with Crippen LogP contribution in [-0.4, -0.2) is 26.8 Å². The zero-order valence-corrected chi connectivity index (χ0v) is 16.5. The molecule has 4 rings (SSSR count). The molecule has 1 unspecified atom stereocenters. The summed E-state index contributed by atoms with van der Waals surface area (Å²) in [6.07, 6.45) is 0. The van der Waals surface area contributed by atoms with Crippen molar-refractivity contribution in [3.63, 3.8) is 0 Å². The SMILES string of the molecule is O=C(Cn1nc(C(=O)O)c2ccccc2c1=O)NC(c1ccccc1)c1cccs1. The van der Waals surface area contributed by atoms with E-state index in [9.17, 15) is 19.5 Å². The summed E-state index contributed by atoms with van der Waals surface area (Å²) >= 11 is 1.51. The first-order chi connectivity index (χ1) is 14.5. The molecule has 0 saturated heterocycles. The monoisotopic (exact) mass is 419 g/mol. The van der Waals surface area contributed by atoms with Crippen LogP contribution in [0, 0.1) is 0 Å². The van der Waals surface area contributed by atoms with E-state index in [0.717, 1.165) is 15.1 Å². The van der Waals surface area contributed by atoms with Crippen molar-refractivity contribution in [2.24, 2.45) is 0 Å². The Balaban J connectivity index is 1.66. The Hall–Kier alpha value is -3.78. The first-order valence-electron chi connectivity index (χ1n) is 9.15. The number of aromatic carboxylic acids is 1. The van der Waals surface area contributed by atoms with Crippen LogP contribution < -0.4 is 10.9 Å². The van der Waals surface area contributed by atoms with E-state index in [2.05, 4.69) is 10.4 Å². The summed E-state index contributed by atoms with van der Waals surface area (Å²) in [6.45, 7) is -0.390. The van der Waals surface area contributed by atoms with Crippen LogP contribution in [-0.2, 0) is 11.3 Å². The Morgan fingerprint density at radius 2 is 1.70 bits per heavy atom. The van der Waals surface area contributed by atoms with Crippen molar-refractivity contribution in [2.45, 2.75) is 12.6 Å². The van der Waals surface area contributed by atoms with Gasteiger partial charge in [-0.05, 0) is 23.1 Å². The second kappa shape index (κ2) is 8.30. The molecule has 1 atom stereocenters. The highest BCUT2D eigenvalue weighted by Gasteiger charge is 2.20. The largest absolute Gasteiger partial charge is 0.476 e. The van der Waals surface area contributed by atoms with Crippen LogP contribution in [0.1, 0.15) is 27.0 Å². The number of nitrogens with zero attached hydrogens (tertiary/aromatic N) is 2. The number of aromatic nitrogens is 2. The van der Waals surface area contributed by atoms with E-state index in [1.165, 1.54) is 23.5 Å². The minimum Gasteiger partial charge on any atom is -0.476 e. The Bertz CT molecular complexity index is 1270. The molecule has 2 aromatic carbocycles. The van der Waals surface area contributed by atoms with Gasteiger partial charge in [0.2, 0.25) is 5.91 Å². The van der Waals surface area contributed by atoms with Crippen LogP contribution in [0.2, 0.25) is 0 Å². The molecule has 0 saturated carbocycles. The first-order valence-corrected chi connectivity index (χ1v) is 10.0. The maximum absolute atomic E-state index is 12.8. The summed E-state index contributed by atoms with van der Waals surface area (Å²) in [5.41, 5.74) is 0.118. The molecule has 1 amide bonds. The highest BCUT2D eigenvalue weighted by atomic mass is 32.1. The molecule has 8 heteroatoms. The third-order valence-electron chi connectivity index (χ3n) is 4.63. The van der Waals surface area contributed by atoms with Gasteiger partial charge in [-0.2, -0.15) is 5.10 Å². The number of thiophene rings is 1. The van der Waals surface area contributed by atoms with Crippen molar-refractivity contribution in [1.82, 2.24) is 15.1 Å². The quantitative estimate of drug-likeness (QED) is 0.500.